The summed E-state index contributed by atoms with van der Waals surface area (Å²) in [5.41, 5.74) is 0.619. The van der Waals surface area contributed by atoms with Crippen LogP contribution in [-0.4, -0.2) is 0 Å². The molecule has 0 amide bonds. The summed E-state index contributed by atoms with van der Waals surface area (Å²) < 4.78 is 19.7. The van der Waals surface area contributed by atoms with Crippen LogP contribution in [-0.2, 0) is 5.41 Å². The van der Waals surface area contributed by atoms with Crippen molar-refractivity contribution >= 4 is 26.9 Å². The Balaban J connectivity index is 2.95. The lowest BCUT2D eigenvalue weighted by molar-refractivity contribution is 0.528. The van der Waals surface area contributed by atoms with Crippen molar-refractivity contribution in [3.8, 4) is 6.07 Å². The smallest absolute Gasteiger partial charge is 0.208 e. The van der Waals surface area contributed by atoms with Crippen molar-refractivity contribution in [3.05, 3.63) is 33.7 Å². The Morgan fingerprint density at radius 2 is 2.00 bits per heavy atom. The molecule has 0 saturated carbocycles. The number of halogens is 2. The molecule has 0 aliphatic heterocycles. The molecule has 0 bridgehead atoms. The van der Waals surface area contributed by atoms with Crippen molar-refractivity contribution in [2.45, 2.75) is 26.2 Å². The average molecular weight is 296 g/mol. The monoisotopic (exact) mass is 295 g/mol. The highest BCUT2D eigenvalue weighted by Crippen LogP contribution is 2.37. The first kappa shape index (κ1) is 12.1. The van der Waals surface area contributed by atoms with Crippen LogP contribution in [0.2, 0.25) is 0 Å². The first-order valence-corrected chi connectivity index (χ1v) is 5.96. The van der Waals surface area contributed by atoms with Crippen LogP contribution in [0.25, 0.3) is 11.0 Å². The van der Waals surface area contributed by atoms with E-state index in [1.165, 1.54) is 6.07 Å². The van der Waals surface area contributed by atoms with Gasteiger partial charge in [-0.3, -0.25) is 0 Å². The van der Waals surface area contributed by atoms with E-state index < -0.39 is 5.82 Å². The molecule has 0 radical (unpaired) electrons. The second-order valence-corrected chi connectivity index (χ2v) is 5.85. The van der Waals surface area contributed by atoms with E-state index in [2.05, 4.69) is 15.9 Å². The van der Waals surface area contributed by atoms with E-state index in [1.54, 1.807) is 6.07 Å². The first-order chi connectivity index (χ1) is 7.84. The van der Waals surface area contributed by atoms with Gasteiger partial charge in [0.2, 0.25) is 5.76 Å². The van der Waals surface area contributed by atoms with Crippen molar-refractivity contribution in [1.82, 2.24) is 0 Å². The minimum absolute atomic E-state index is 0.148. The van der Waals surface area contributed by atoms with Crippen molar-refractivity contribution in [2.24, 2.45) is 0 Å². The molecule has 1 aromatic heterocycles. The van der Waals surface area contributed by atoms with Crippen LogP contribution < -0.4 is 0 Å². The Morgan fingerprint density at radius 1 is 1.35 bits per heavy atom. The zero-order valence-corrected chi connectivity index (χ0v) is 11.4. The summed E-state index contributed by atoms with van der Waals surface area (Å²) in [5, 5.41) is 9.72. The number of hydrogen-bond donors (Lipinski definition) is 0. The Labute approximate surface area is 107 Å². The highest BCUT2D eigenvalue weighted by molar-refractivity contribution is 9.10. The Kier molecular flexibility index (Phi) is 2.75. The van der Waals surface area contributed by atoms with Gasteiger partial charge in [0.15, 0.2) is 11.4 Å². The number of hydrogen-bond acceptors (Lipinski definition) is 2. The molecule has 17 heavy (non-hydrogen) atoms. The van der Waals surface area contributed by atoms with E-state index in [0.29, 0.717) is 9.86 Å². The van der Waals surface area contributed by atoms with E-state index in [4.69, 9.17) is 9.68 Å². The standard InChI is InChI=1S/C13H11BrFNO/c1-13(2,3)11-8-4-7(14)5-9(15)12(8)17-10(11)6-16/h4-5H,1-3H3. The molecule has 88 valence electrons. The maximum absolute atomic E-state index is 13.7. The van der Waals surface area contributed by atoms with E-state index in [1.807, 2.05) is 26.8 Å². The normalized spacial score (nSPS) is 11.8. The quantitative estimate of drug-likeness (QED) is 0.717. The lowest BCUT2D eigenvalue weighted by Crippen LogP contribution is -2.12. The molecule has 0 N–H and O–H groups in total. The van der Waals surface area contributed by atoms with Gasteiger partial charge in [-0.25, -0.2) is 4.39 Å². The zero-order chi connectivity index (χ0) is 12.8. The molecule has 1 aromatic carbocycles. The molecule has 0 fully saturated rings. The first-order valence-electron chi connectivity index (χ1n) is 5.16. The van der Waals surface area contributed by atoms with Crippen LogP contribution in [0.15, 0.2) is 21.0 Å². The topological polar surface area (TPSA) is 36.9 Å². The molecule has 0 aliphatic rings. The highest BCUT2D eigenvalue weighted by Gasteiger charge is 2.26. The molecule has 0 aliphatic carbocycles. The van der Waals surface area contributed by atoms with Crippen molar-refractivity contribution in [1.29, 1.82) is 5.26 Å². The molecular formula is C13H11BrFNO. The van der Waals surface area contributed by atoms with Crippen LogP contribution in [0.3, 0.4) is 0 Å². The van der Waals surface area contributed by atoms with E-state index >= 15 is 0 Å². The van der Waals surface area contributed by atoms with Gasteiger partial charge < -0.3 is 4.42 Å². The largest absolute Gasteiger partial charge is 0.442 e. The molecule has 1 heterocycles. The van der Waals surface area contributed by atoms with Gasteiger partial charge in [0.25, 0.3) is 0 Å². The fraction of sp³-hybridized carbons (Fsp3) is 0.308. The van der Waals surface area contributed by atoms with Crippen LogP contribution in [0.5, 0.6) is 0 Å². The van der Waals surface area contributed by atoms with Gasteiger partial charge >= 0.3 is 0 Å². The molecule has 0 atom stereocenters. The number of fused-ring (bicyclic) bond motifs is 1. The fourth-order valence-corrected chi connectivity index (χ4v) is 2.38. The lowest BCUT2D eigenvalue weighted by Gasteiger charge is -2.17. The van der Waals surface area contributed by atoms with E-state index in [0.717, 1.165) is 5.56 Å². The van der Waals surface area contributed by atoms with Gasteiger partial charge in [-0.05, 0) is 17.5 Å². The number of nitriles is 1. The summed E-state index contributed by atoms with van der Waals surface area (Å²) >= 11 is 3.25. The maximum atomic E-state index is 13.7. The average Bonchev–Trinajstić information content (AvgIpc) is 2.55. The fourth-order valence-electron chi connectivity index (χ4n) is 1.95. The second-order valence-electron chi connectivity index (χ2n) is 4.93. The van der Waals surface area contributed by atoms with E-state index in [9.17, 15) is 4.39 Å². The third-order valence-electron chi connectivity index (χ3n) is 2.56. The van der Waals surface area contributed by atoms with Gasteiger partial charge in [-0.2, -0.15) is 5.26 Å². The van der Waals surface area contributed by atoms with Gasteiger partial charge in [0, 0.05) is 15.4 Å². The predicted molar refractivity (Wildman–Crippen MR) is 67.3 cm³/mol. The molecule has 4 heteroatoms. The highest BCUT2D eigenvalue weighted by atomic mass is 79.9. The minimum atomic E-state index is -0.457. The number of rotatable bonds is 0. The summed E-state index contributed by atoms with van der Waals surface area (Å²) in [7, 11) is 0. The Morgan fingerprint density at radius 3 is 2.53 bits per heavy atom. The van der Waals surface area contributed by atoms with Gasteiger partial charge in [-0.1, -0.05) is 36.7 Å². The van der Waals surface area contributed by atoms with Crippen LogP contribution in [0.4, 0.5) is 4.39 Å². The van der Waals surface area contributed by atoms with Crippen molar-refractivity contribution < 1.29 is 8.81 Å². The zero-order valence-electron chi connectivity index (χ0n) is 9.77. The third kappa shape index (κ3) is 1.96. The van der Waals surface area contributed by atoms with Crippen molar-refractivity contribution in [2.75, 3.05) is 0 Å². The number of benzene rings is 1. The predicted octanol–water partition coefficient (Wildman–Crippen LogP) is 4.50. The summed E-state index contributed by atoms with van der Waals surface area (Å²) in [6.45, 7) is 5.91. The van der Waals surface area contributed by atoms with Gasteiger partial charge in [-0.15, -0.1) is 0 Å². The molecule has 2 nitrogen and oxygen atoms in total. The number of furan rings is 1. The minimum Gasteiger partial charge on any atom is -0.442 e. The Hall–Kier alpha value is -1.34. The third-order valence-corrected chi connectivity index (χ3v) is 3.02. The molecule has 2 aromatic rings. The molecular weight excluding hydrogens is 285 g/mol. The van der Waals surface area contributed by atoms with E-state index in [-0.39, 0.29) is 16.8 Å². The summed E-state index contributed by atoms with van der Waals surface area (Å²) in [6.07, 6.45) is 0. The summed E-state index contributed by atoms with van der Waals surface area (Å²) in [4.78, 5) is 0. The van der Waals surface area contributed by atoms with Crippen LogP contribution in [0.1, 0.15) is 32.1 Å². The van der Waals surface area contributed by atoms with Crippen molar-refractivity contribution in [3.63, 3.8) is 0 Å². The molecule has 0 saturated heterocycles. The van der Waals surface area contributed by atoms with Crippen LogP contribution >= 0.6 is 15.9 Å². The van der Waals surface area contributed by atoms with Crippen LogP contribution in [0, 0.1) is 17.1 Å². The molecule has 0 unspecified atom stereocenters. The maximum Gasteiger partial charge on any atom is 0.208 e. The summed E-state index contributed by atoms with van der Waals surface area (Å²) in [5.74, 6) is -0.272. The number of nitrogens with zero attached hydrogens (tertiary/aromatic N) is 1. The Bertz CT molecular complexity index is 631. The van der Waals surface area contributed by atoms with Gasteiger partial charge in [0.1, 0.15) is 6.07 Å². The van der Waals surface area contributed by atoms with Gasteiger partial charge in [0.05, 0.1) is 0 Å². The molecule has 0 spiro atoms. The SMILES string of the molecule is CC(C)(C)c1c(C#N)oc2c(F)cc(Br)cc12. The molecule has 2 rings (SSSR count). The second kappa shape index (κ2) is 3.85. The summed E-state index contributed by atoms with van der Waals surface area (Å²) in [6, 6.07) is 5.10. The lowest BCUT2D eigenvalue weighted by atomic mass is 9.85.